The fourth-order valence-corrected chi connectivity index (χ4v) is 20.4. The number of aromatic nitrogens is 4. The molecule has 0 saturated carbocycles. The third-order valence-corrected chi connectivity index (χ3v) is 23.6. The van der Waals surface area contributed by atoms with E-state index >= 15 is 0 Å². The molecule has 0 aliphatic heterocycles. The van der Waals surface area contributed by atoms with E-state index in [-0.39, 0.29) is 0 Å². The first-order chi connectivity index (χ1) is 34.1. The molecule has 0 spiro atoms. The Bertz CT molecular complexity index is 3620. The van der Waals surface area contributed by atoms with Crippen LogP contribution in [0.25, 0.3) is 83.9 Å². The predicted molar refractivity (Wildman–Crippen MR) is 290 cm³/mol. The molecule has 2 aromatic heterocycles. The SMILES string of the molecule is Cc1ccccc1-c1ccc2c3ccccc3n(-c3ccc(-c4ccc[c]([Ge]([c]5ccccc5)([c]5ccccc5)[c]5ccccc5)c4)cc3-c3nc(-c4ccccc4)nc(-c4ccccc4)n3)c2c1. The van der Waals surface area contributed by atoms with E-state index in [1.165, 1.54) is 45.0 Å². The van der Waals surface area contributed by atoms with Gasteiger partial charge in [-0.05, 0) is 12.5 Å². The molecule has 0 radical (unpaired) electrons. The fourth-order valence-electron chi connectivity index (χ4n) is 10.3. The van der Waals surface area contributed by atoms with Crippen LogP contribution in [-0.2, 0) is 0 Å². The summed E-state index contributed by atoms with van der Waals surface area (Å²) in [5.41, 5.74) is 11.8. The van der Waals surface area contributed by atoms with Gasteiger partial charge in [0, 0.05) is 0 Å². The van der Waals surface area contributed by atoms with Crippen LogP contribution in [0.4, 0.5) is 0 Å². The van der Waals surface area contributed by atoms with Gasteiger partial charge in [0.05, 0.1) is 0 Å². The van der Waals surface area contributed by atoms with Gasteiger partial charge in [0.2, 0.25) is 0 Å². The molecule has 326 valence electrons. The molecule has 12 rings (SSSR count). The molecule has 0 bridgehead atoms. The van der Waals surface area contributed by atoms with Crippen LogP contribution >= 0.6 is 0 Å². The van der Waals surface area contributed by atoms with Gasteiger partial charge in [-0.15, -0.1) is 0 Å². The van der Waals surface area contributed by atoms with Crippen LogP contribution in [0.1, 0.15) is 5.56 Å². The Morgan fingerprint density at radius 2 is 0.768 bits per heavy atom. The maximum atomic E-state index is 5.39. The molecule has 0 saturated heterocycles. The minimum absolute atomic E-state index is 0.599. The molecule has 10 aromatic carbocycles. The van der Waals surface area contributed by atoms with Crippen molar-refractivity contribution in [1.82, 2.24) is 19.5 Å². The molecule has 0 N–H and O–H groups in total. The van der Waals surface area contributed by atoms with E-state index in [0.717, 1.165) is 44.5 Å². The van der Waals surface area contributed by atoms with E-state index < -0.39 is 13.3 Å². The number of aryl methyl sites for hydroxylation is 1. The third-order valence-electron chi connectivity index (χ3n) is 13.6. The first-order valence-corrected chi connectivity index (χ1v) is 27.7. The molecule has 0 fully saturated rings. The summed E-state index contributed by atoms with van der Waals surface area (Å²) < 4.78 is 7.91. The van der Waals surface area contributed by atoms with Gasteiger partial charge in [0.15, 0.2) is 0 Å². The Morgan fingerprint density at radius 1 is 0.304 bits per heavy atom. The second-order valence-electron chi connectivity index (χ2n) is 17.6. The van der Waals surface area contributed by atoms with E-state index in [0.29, 0.717) is 17.5 Å². The van der Waals surface area contributed by atoms with Crippen molar-refractivity contribution in [2.75, 3.05) is 0 Å². The van der Waals surface area contributed by atoms with Crippen molar-refractivity contribution in [3.05, 3.63) is 266 Å². The van der Waals surface area contributed by atoms with Crippen LogP contribution in [-0.4, -0.2) is 32.8 Å². The monoisotopic (exact) mass is 944 g/mol. The van der Waals surface area contributed by atoms with Gasteiger partial charge in [-0.25, -0.2) is 0 Å². The van der Waals surface area contributed by atoms with Gasteiger partial charge in [-0.3, -0.25) is 0 Å². The topological polar surface area (TPSA) is 43.6 Å². The molecule has 0 aliphatic rings. The number of nitrogens with zero attached hydrogens (tertiary/aromatic N) is 4. The third kappa shape index (κ3) is 7.56. The van der Waals surface area contributed by atoms with Gasteiger partial charge < -0.3 is 0 Å². The van der Waals surface area contributed by atoms with Crippen LogP contribution in [0.15, 0.2) is 261 Å². The van der Waals surface area contributed by atoms with Gasteiger partial charge in [-0.1, -0.05) is 36.4 Å². The van der Waals surface area contributed by atoms with Gasteiger partial charge in [-0.2, -0.15) is 0 Å². The fraction of sp³-hybridized carbons (Fsp3) is 0.0156. The van der Waals surface area contributed by atoms with Crippen molar-refractivity contribution in [2.45, 2.75) is 6.92 Å². The number of fused-ring (bicyclic) bond motifs is 3. The van der Waals surface area contributed by atoms with Crippen molar-refractivity contribution in [3.8, 4) is 62.1 Å². The van der Waals surface area contributed by atoms with Gasteiger partial charge in [0.1, 0.15) is 0 Å². The summed E-state index contributed by atoms with van der Waals surface area (Å²) in [6, 6.07) is 94.4. The second kappa shape index (κ2) is 18.0. The summed E-state index contributed by atoms with van der Waals surface area (Å²) in [5, 5.41) is 2.37. The number of hydrogen-bond donors (Lipinski definition) is 0. The summed E-state index contributed by atoms with van der Waals surface area (Å²) in [6.07, 6.45) is 0. The first kappa shape index (κ1) is 41.9. The predicted octanol–water partition coefficient (Wildman–Crippen LogP) is 13.0. The van der Waals surface area contributed by atoms with E-state index in [9.17, 15) is 0 Å². The molecule has 5 heteroatoms. The Hall–Kier alpha value is -8.45. The first-order valence-electron chi connectivity index (χ1n) is 23.5. The number of para-hydroxylation sites is 1. The van der Waals surface area contributed by atoms with E-state index in [1.807, 2.05) is 36.4 Å². The summed E-state index contributed by atoms with van der Waals surface area (Å²) >= 11 is -3.60. The summed E-state index contributed by atoms with van der Waals surface area (Å²) in [4.78, 5) is 15.9. The second-order valence-corrected chi connectivity index (χ2v) is 25.6. The number of rotatable bonds is 10. The van der Waals surface area contributed by atoms with Crippen molar-refractivity contribution in [3.63, 3.8) is 0 Å². The van der Waals surface area contributed by atoms with E-state index in [2.05, 4.69) is 236 Å². The Kier molecular flexibility index (Phi) is 10.9. The normalized spacial score (nSPS) is 11.6. The van der Waals surface area contributed by atoms with E-state index in [4.69, 9.17) is 15.0 Å². The van der Waals surface area contributed by atoms with Crippen molar-refractivity contribution in [1.29, 1.82) is 0 Å². The van der Waals surface area contributed by atoms with Crippen LogP contribution in [0.2, 0.25) is 0 Å². The molecule has 0 atom stereocenters. The molecular weight excluding hydrogens is 897 g/mol. The van der Waals surface area contributed by atoms with Gasteiger partial charge in [0.25, 0.3) is 0 Å². The molecular formula is C64H46GeN4. The molecule has 2 heterocycles. The average molecular weight is 944 g/mol. The zero-order valence-corrected chi connectivity index (χ0v) is 40.2. The quantitative estimate of drug-likeness (QED) is 0.128. The summed E-state index contributed by atoms with van der Waals surface area (Å²) in [5.74, 6) is 1.84. The molecule has 4 nitrogen and oxygen atoms in total. The molecule has 12 aromatic rings. The van der Waals surface area contributed by atoms with Crippen molar-refractivity contribution in [2.24, 2.45) is 0 Å². The zero-order chi connectivity index (χ0) is 46.2. The summed E-state index contributed by atoms with van der Waals surface area (Å²) in [6.45, 7) is 2.18. The maximum absolute atomic E-state index is 5.39. The Morgan fingerprint density at radius 3 is 1.38 bits per heavy atom. The van der Waals surface area contributed by atoms with Crippen LogP contribution < -0.4 is 17.6 Å². The molecule has 69 heavy (non-hydrogen) atoms. The van der Waals surface area contributed by atoms with E-state index in [1.54, 1.807) is 0 Å². The van der Waals surface area contributed by atoms with Crippen molar-refractivity contribution < 1.29 is 0 Å². The average Bonchev–Trinajstić information content (AvgIpc) is 3.76. The minimum atomic E-state index is -3.60. The molecule has 0 unspecified atom stereocenters. The van der Waals surface area contributed by atoms with Crippen LogP contribution in [0.5, 0.6) is 0 Å². The van der Waals surface area contributed by atoms with Crippen LogP contribution in [0, 0.1) is 6.92 Å². The standard InChI is InChI=1S/C64H46GeN4/c1-45-22-17-18-35-55(45)50-38-40-57-56-36-19-20-37-59(56)69(61(57)44-50)60-41-39-49(43-58(60)64-67-62(46-23-7-2-8-24-46)66-63(68-64)47-25-9-3-10-26-47)48-27-21-34-54(42-48)65(51-28-11-4-12-29-51,52-30-13-5-14-31-52)53-32-15-6-16-33-53/h2-44H,1H3. The van der Waals surface area contributed by atoms with Gasteiger partial charge >= 0.3 is 359 Å². The molecule has 0 amide bonds. The number of benzene rings is 10. The number of hydrogen-bond acceptors (Lipinski definition) is 3. The Balaban J connectivity index is 1.14. The van der Waals surface area contributed by atoms with Crippen LogP contribution in [0.3, 0.4) is 0 Å². The molecule has 0 aliphatic carbocycles. The summed E-state index contributed by atoms with van der Waals surface area (Å²) in [7, 11) is 0. The Labute approximate surface area is 405 Å². The zero-order valence-electron chi connectivity index (χ0n) is 38.1. The van der Waals surface area contributed by atoms with Crippen molar-refractivity contribution >= 4 is 52.7 Å².